The Bertz CT molecular complexity index is 385. The van der Waals surface area contributed by atoms with Gasteiger partial charge in [-0.15, -0.1) is 0 Å². The summed E-state index contributed by atoms with van der Waals surface area (Å²) in [5, 5.41) is 3.62. The zero-order valence-electron chi connectivity index (χ0n) is 15.0. The molecule has 1 rings (SSSR count). The van der Waals surface area contributed by atoms with Crippen LogP contribution in [0.4, 0.5) is 0 Å². The van der Waals surface area contributed by atoms with Crippen molar-refractivity contribution in [1.29, 1.82) is 0 Å². The van der Waals surface area contributed by atoms with E-state index < -0.39 is 0 Å². The van der Waals surface area contributed by atoms with Gasteiger partial charge in [0.05, 0.1) is 0 Å². The van der Waals surface area contributed by atoms with Gasteiger partial charge in [-0.2, -0.15) is 0 Å². The lowest BCUT2D eigenvalue weighted by Gasteiger charge is -2.26. The van der Waals surface area contributed by atoms with Crippen molar-refractivity contribution < 1.29 is 0 Å². The highest BCUT2D eigenvalue weighted by Gasteiger charge is 2.20. The molecule has 0 aromatic heterocycles. The molecule has 0 heterocycles. The fourth-order valence-corrected chi connectivity index (χ4v) is 2.97. The van der Waals surface area contributed by atoms with Crippen molar-refractivity contribution in [2.45, 2.75) is 72.1 Å². The summed E-state index contributed by atoms with van der Waals surface area (Å²) >= 11 is 0. The van der Waals surface area contributed by atoms with E-state index in [2.05, 4.69) is 71.1 Å². The molecule has 1 aromatic rings. The highest BCUT2D eigenvalue weighted by atomic mass is 14.9. The molecule has 1 aromatic carbocycles. The molecule has 0 radical (unpaired) electrons. The van der Waals surface area contributed by atoms with Crippen molar-refractivity contribution in [1.82, 2.24) is 5.32 Å². The van der Waals surface area contributed by atoms with Crippen molar-refractivity contribution >= 4 is 0 Å². The van der Waals surface area contributed by atoms with Crippen molar-refractivity contribution in [2.75, 3.05) is 13.1 Å². The fraction of sp³-hybridized carbons (Fsp3) is 0.700. The average Bonchev–Trinajstić information content (AvgIpc) is 2.43. The molecule has 1 N–H and O–H groups in total. The lowest BCUT2D eigenvalue weighted by Crippen LogP contribution is -2.26. The molecule has 0 bridgehead atoms. The van der Waals surface area contributed by atoms with E-state index in [0.717, 1.165) is 19.0 Å². The van der Waals surface area contributed by atoms with E-state index in [-0.39, 0.29) is 5.41 Å². The van der Waals surface area contributed by atoms with Crippen LogP contribution in [-0.2, 0) is 5.41 Å². The van der Waals surface area contributed by atoms with E-state index in [0.29, 0.717) is 5.92 Å². The molecular formula is C20H35N. The second-order valence-corrected chi connectivity index (χ2v) is 7.45. The Kier molecular flexibility index (Phi) is 7.45. The van der Waals surface area contributed by atoms with Crippen LogP contribution < -0.4 is 5.32 Å². The smallest absolute Gasteiger partial charge is 0.00227 e. The Balaban J connectivity index is 2.86. The zero-order chi connectivity index (χ0) is 15.9. The Labute approximate surface area is 132 Å². The van der Waals surface area contributed by atoms with E-state index in [1.807, 2.05) is 0 Å². The van der Waals surface area contributed by atoms with Gasteiger partial charge < -0.3 is 5.32 Å². The second kappa shape index (κ2) is 8.58. The van der Waals surface area contributed by atoms with E-state index in [9.17, 15) is 0 Å². The van der Waals surface area contributed by atoms with Gasteiger partial charge in [0.15, 0.2) is 0 Å². The molecule has 0 saturated carbocycles. The number of benzene rings is 1. The quantitative estimate of drug-likeness (QED) is 0.623. The summed E-state index contributed by atoms with van der Waals surface area (Å²) in [5.74, 6) is 1.37. The normalized spacial score (nSPS) is 15.0. The molecule has 1 heteroatoms. The summed E-state index contributed by atoms with van der Waals surface area (Å²) in [6.07, 6.45) is 3.78. The van der Waals surface area contributed by atoms with Crippen LogP contribution in [0.2, 0.25) is 0 Å². The SMILES string of the molecule is CCCNCC(c1ccc(C(C)(C)C)cc1)C(C)CCC. The lowest BCUT2D eigenvalue weighted by atomic mass is 9.81. The molecular weight excluding hydrogens is 254 g/mol. The van der Waals surface area contributed by atoms with Crippen molar-refractivity contribution in [3.05, 3.63) is 35.4 Å². The molecule has 0 fully saturated rings. The first-order valence-electron chi connectivity index (χ1n) is 8.71. The average molecular weight is 290 g/mol. The van der Waals surface area contributed by atoms with Crippen LogP contribution in [0.15, 0.2) is 24.3 Å². The van der Waals surface area contributed by atoms with Crippen LogP contribution in [0.5, 0.6) is 0 Å². The molecule has 0 spiro atoms. The highest BCUT2D eigenvalue weighted by molar-refractivity contribution is 5.30. The van der Waals surface area contributed by atoms with Gasteiger partial charge in [0.1, 0.15) is 0 Å². The summed E-state index contributed by atoms with van der Waals surface area (Å²) < 4.78 is 0. The summed E-state index contributed by atoms with van der Waals surface area (Å²) in [4.78, 5) is 0. The Morgan fingerprint density at radius 2 is 1.62 bits per heavy atom. The molecule has 21 heavy (non-hydrogen) atoms. The minimum absolute atomic E-state index is 0.240. The lowest BCUT2D eigenvalue weighted by molar-refractivity contribution is 0.404. The van der Waals surface area contributed by atoms with Crippen molar-refractivity contribution in [2.24, 2.45) is 5.92 Å². The Morgan fingerprint density at radius 1 is 1.00 bits per heavy atom. The van der Waals surface area contributed by atoms with Gasteiger partial charge in [0.25, 0.3) is 0 Å². The number of rotatable bonds is 8. The highest BCUT2D eigenvalue weighted by Crippen LogP contribution is 2.30. The van der Waals surface area contributed by atoms with Gasteiger partial charge in [-0.3, -0.25) is 0 Å². The molecule has 0 aliphatic heterocycles. The number of nitrogens with one attached hydrogen (secondary N) is 1. The van der Waals surface area contributed by atoms with E-state index in [1.54, 1.807) is 0 Å². The van der Waals surface area contributed by atoms with Crippen LogP contribution in [0.3, 0.4) is 0 Å². The second-order valence-electron chi connectivity index (χ2n) is 7.45. The van der Waals surface area contributed by atoms with E-state index >= 15 is 0 Å². The standard InChI is InChI=1S/C20H35N/c1-7-9-16(3)19(15-21-14-8-2)17-10-12-18(13-11-17)20(4,5)6/h10-13,16,19,21H,7-9,14-15H2,1-6H3. The van der Waals surface area contributed by atoms with Crippen LogP contribution in [0.25, 0.3) is 0 Å². The predicted octanol–water partition coefficient (Wildman–Crippen LogP) is 5.50. The van der Waals surface area contributed by atoms with Gasteiger partial charge in [0.2, 0.25) is 0 Å². The maximum atomic E-state index is 3.62. The minimum Gasteiger partial charge on any atom is -0.316 e. The number of hydrogen-bond acceptors (Lipinski definition) is 1. The zero-order valence-corrected chi connectivity index (χ0v) is 15.0. The molecule has 2 unspecified atom stereocenters. The topological polar surface area (TPSA) is 12.0 Å². The summed E-state index contributed by atoms with van der Waals surface area (Å²) in [7, 11) is 0. The Hall–Kier alpha value is -0.820. The maximum Gasteiger partial charge on any atom is 0.00227 e. The van der Waals surface area contributed by atoms with Gasteiger partial charge in [-0.1, -0.05) is 78.6 Å². The summed E-state index contributed by atoms with van der Waals surface area (Å²) in [6, 6.07) is 9.34. The molecule has 120 valence electrons. The molecule has 0 aliphatic carbocycles. The van der Waals surface area contributed by atoms with Crippen LogP contribution in [-0.4, -0.2) is 13.1 Å². The monoisotopic (exact) mass is 289 g/mol. The molecule has 0 aliphatic rings. The van der Waals surface area contributed by atoms with E-state index in [1.165, 1.54) is 30.4 Å². The fourth-order valence-electron chi connectivity index (χ4n) is 2.97. The summed E-state index contributed by atoms with van der Waals surface area (Å²) in [6.45, 7) is 16.0. The third kappa shape index (κ3) is 5.82. The van der Waals surface area contributed by atoms with Crippen molar-refractivity contribution in [3.8, 4) is 0 Å². The van der Waals surface area contributed by atoms with Crippen LogP contribution >= 0.6 is 0 Å². The molecule has 0 saturated heterocycles. The van der Waals surface area contributed by atoms with Gasteiger partial charge >= 0.3 is 0 Å². The molecule has 1 nitrogen and oxygen atoms in total. The number of hydrogen-bond donors (Lipinski definition) is 1. The molecule has 0 amide bonds. The first kappa shape index (κ1) is 18.2. The largest absolute Gasteiger partial charge is 0.316 e. The third-order valence-corrected chi connectivity index (χ3v) is 4.43. The maximum absolute atomic E-state index is 3.62. The first-order chi connectivity index (χ1) is 9.90. The van der Waals surface area contributed by atoms with Gasteiger partial charge in [-0.25, -0.2) is 0 Å². The minimum atomic E-state index is 0.240. The van der Waals surface area contributed by atoms with Gasteiger partial charge in [-0.05, 0) is 41.3 Å². The van der Waals surface area contributed by atoms with Crippen molar-refractivity contribution in [3.63, 3.8) is 0 Å². The Morgan fingerprint density at radius 3 is 2.10 bits per heavy atom. The third-order valence-electron chi connectivity index (χ3n) is 4.43. The van der Waals surface area contributed by atoms with E-state index in [4.69, 9.17) is 0 Å². The van der Waals surface area contributed by atoms with Crippen LogP contribution in [0, 0.1) is 5.92 Å². The summed E-state index contributed by atoms with van der Waals surface area (Å²) in [5.41, 5.74) is 3.16. The van der Waals surface area contributed by atoms with Gasteiger partial charge in [0, 0.05) is 6.54 Å². The van der Waals surface area contributed by atoms with Crippen LogP contribution in [0.1, 0.15) is 77.8 Å². The predicted molar refractivity (Wildman–Crippen MR) is 95.1 cm³/mol. The molecule has 2 atom stereocenters. The first-order valence-corrected chi connectivity index (χ1v) is 8.71.